The predicted octanol–water partition coefficient (Wildman–Crippen LogP) is 3.09. The van der Waals surface area contributed by atoms with Gasteiger partial charge in [0.25, 0.3) is 0 Å². The molecule has 0 spiro atoms. The van der Waals surface area contributed by atoms with E-state index >= 15 is 0 Å². The number of hydrogen-bond acceptors (Lipinski definition) is 6. The second-order valence-corrected chi connectivity index (χ2v) is 9.26. The van der Waals surface area contributed by atoms with Gasteiger partial charge in [0.15, 0.2) is 0 Å². The van der Waals surface area contributed by atoms with Crippen LogP contribution in [0, 0.1) is 0 Å². The third kappa shape index (κ3) is 5.42. The molecule has 0 aliphatic carbocycles. The lowest BCUT2D eigenvalue weighted by atomic mass is 10.2. The summed E-state index contributed by atoms with van der Waals surface area (Å²) in [5.41, 5.74) is 1.27. The molecular formula is C21H24N2O5S2. The Balaban J connectivity index is 1.76. The highest BCUT2D eigenvalue weighted by Crippen LogP contribution is 2.30. The number of hydrogen-bond donors (Lipinski definition) is 1. The molecule has 1 N–H and O–H groups in total. The molecule has 30 heavy (non-hydrogen) atoms. The molecule has 0 saturated carbocycles. The van der Waals surface area contributed by atoms with Gasteiger partial charge in [0.05, 0.1) is 20.3 Å². The number of amides is 1. The summed E-state index contributed by atoms with van der Waals surface area (Å²) in [5.74, 6) is -0.132. The number of carbonyl (C=O) groups is 1. The number of morpholine rings is 1. The van der Waals surface area contributed by atoms with Gasteiger partial charge in [-0.1, -0.05) is 12.1 Å². The lowest BCUT2D eigenvalue weighted by molar-refractivity contribution is -0.111. The van der Waals surface area contributed by atoms with Crippen molar-refractivity contribution in [2.75, 3.05) is 45.0 Å². The van der Waals surface area contributed by atoms with Gasteiger partial charge in [0, 0.05) is 29.7 Å². The molecule has 3 rings (SSSR count). The van der Waals surface area contributed by atoms with Crippen molar-refractivity contribution < 1.29 is 22.7 Å². The number of carbonyl (C=O) groups excluding carboxylic acids is 1. The molecule has 0 bridgehead atoms. The van der Waals surface area contributed by atoms with Crippen LogP contribution in [0.2, 0.25) is 0 Å². The lowest BCUT2D eigenvalue weighted by Gasteiger charge is -2.26. The van der Waals surface area contributed by atoms with Gasteiger partial charge in [-0.2, -0.15) is 4.31 Å². The molecule has 1 fully saturated rings. The monoisotopic (exact) mass is 448 g/mol. The third-order valence-electron chi connectivity index (χ3n) is 4.56. The molecule has 0 atom stereocenters. The Morgan fingerprint density at radius 2 is 1.87 bits per heavy atom. The zero-order valence-electron chi connectivity index (χ0n) is 16.8. The maximum Gasteiger partial charge on any atom is 0.248 e. The van der Waals surface area contributed by atoms with Gasteiger partial charge in [-0.3, -0.25) is 4.79 Å². The number of nitrogens with one attached hydrogen (secondary N) is 1. The topological polar surface area (TPSA) is 84.9 Å². The van der Waals surface area contributed by atoms with E-state index in [1.165, 1.54) is 29.6 Å². The molecule has 160 valence electrons. The highest BCUT2D eigenvalue weighted by molar-refractivity contribution is 7.98. The van der Waals surface area contributed by atoms with Gasteiger partial charge >= 0.3 is 0 Å². The minimum atomic E-state index is -3.77. The highest BCUT2D eigenvalue weighted by Gasteiger charge is 2.29. The summed E-state index contributed by atoms with van der Waals surface area (Å²) in [6, 6.07) is 12.4. The maximum atomic E-state index is 13.0. The quantitative estimate of drug-likeness (QED) is 0.518. The van der Waals surface area contributed by atoms with E-state index in [-0.39, 0.29) is 29.6 Å². The van der Waals surface area contributed by atoms with E-state index < -0.39 is 10.0 Å². The normalized spacial score (nSPS) is 15.3. The van der Waals surface area contributed by atoms with Gasteiger partial charge < -0.3 is 14.8 Å². The largest absolute Gasteiger partial charge is 0.495 e. The fourth-order valence-electron chi connectivity index (χ4n) is 2.95. The standard InChI is InChI=1S/C21H24N2O5S2/c1-27-19-9-6-17(15-20(19)30(25,26)23-11-13-28-14-12-23)22-21(24)10-5-16-3-7-18(29-2)8-4-16/h3-10,15H,11-14H2,1-2H3,(H,22,24)/b10-5+. The summed E-state index contributed by atoms with van der Waals surface area (Å²) >= 11 is 1.65. The van der Waals surface area contributed by atoms with Gasteiger partial charge in [-0.15, -0.1) is 11.8 Å². The van der Waals surface area contributed by atoms with Crippen LogP contribution < -0.4 is 10.1 Å². The van der Waals surface area contributed by atoms with Crippen LogP contribution in [0.4, 0.5) is 5.69 Å². The number of methoxy groups -OCH3 is 1. The van der Waals surface area contributed by atoms with Crippen LogP contribution in [0.15, 0.2) is 58.3 Å². The average molecular weight is 449 g/mol. The smallest absolute Gasteiger partial charge is 0.248 e. The molecule has 1 aliphatic rings. The zero-order chi connectivity index (χ0) is 21.6. The van der Waals surface area contributed by atoms with Crippen molar-refractivity contribution in [3.05, 3.63) is 54.1 Å². The Labute approximate surface area is 181 Å². The van der Waals surface area contributed by atoms with Crippen molar-refractivity contribution in [3.8, 4) is 5.75 Å². The second kappa shape index (κ2) is 10.1. The van der Waals surface area contributed by atoms with Crippen molar-refractivity contribution in [1.82, 2.24) is 4.31 Å². The minimum Gasteiger partial charge on any atom is -0.495 e. The Kier molecular flexibility index (Phi) is 7.54. The SMILES string of the molecule is COc1ccc(NC(=O)/C=C/c2ccc(SC)cc2)cc1S(=O)(=O)N1CCOCC1. The van der Waals surface area contributed by atoms with E-state index in [1.807, 2.05) is 30.5 Å². The Hall–Kier alpha value is -2.33. The van der Waals surface area contributed by atoms with Crippen LogP contribution in [0.5, 0.6) is 5.75 Å². The van der Waals surface area contributed by atoms with Gasteiger partial charge in [-0.05, 0) is 48.2 Å². The Morgan fingerprint density at radius 3 is 2.50 bits per heavy atom. The van der Waals surface area contributed by atoms with Crippen LogP contribution >= 0.6 is 11.8 Å². The van der Waals surface area contributed by atoms with Crippen LogP contribution in [-0.2, 0) is 19.6 Å². The molecular weight excluding hydrogens is 424 g/mol. The van der Waals surface area contributed by atoms with E-state index in [1.54, 1.807) is 23.9 Å². The Morgan fingerprint density at radius 1 is 1.17 bits per heavy atom. The summed E-state index contributed by atoms with van der Waals surface area (Å²) < 4.78 is 37.9. The summed E-state index contributed by atoms with van der Waals surface area (Å²) in [7, 11) is -2.35. The number of ether oxygens (including phenoxy) is 2. The van der Waals surface area contributed by atoms with Crippen molar-refractivity contribution in [2.24, 2.45) is 0 Å². The minimum absolute atomic E-state index is 0.0151. The summed E-state index contributed by atoms with van der Waals surface area (Å²) in [5, 5.41) is 2.71. The maximum absolute atomic E-state index is 13.0. The van der Waals surface area contributed by atoms with E-state index in [0.29, 0.717) is 18.9 Å². The highest BCUT2D eigenvalue weighted by atomic mass is 32.2. The number of anilines is 1. The van der Waals surface area contributed by atoms with Gasteiger partial charge in [0.2, 0.25) is 15.9 Å². The van der Waals surface area contributed by atoms with Crippen molar-refractivity contribution in [3.63, 3.8) is 0 Å². The molecule has 7 nitrogen and oxygen atoms in total. The van der Waals surface area contributed by atoms with E-state index in [2.05, 4.69) is 5.32 Å². The molecule has 1 heterocycles. The first kappa shape index (κ1) is 22.4. The first-order chi connectivity index (χ1) is 14.4. The summed E-state index contributed by atoms with van der Waals surface area (Å²) in [4.78, 5) is 13.5. The van der Waals surface area contributed by atoms with Crippen LogP contribution in [-0.4, -0.2) is 58.3 Å². The molecule has 2 aromatic rings. The van der Waals surface area contributed by atoms with Crippen molar-refractivity contribution in [2.45, 2.75) is 9.79 Å². The zero-order valence-corrected chi connectivity index (χ0v) is 18.5. The molecule has 1 aliphatic heterocycles. The number of benzene rings is 2. The molecule has 0 aromatic heterocycles. The number of sulfonamides is 1. The summed E-state index contributed by atoms with van der Waals surface area (Å²) in [6.07, 6.45) is 5.11. The summed E-state index contributed by atoms with van der Waals surface area (Å²) in [6.45, 7) is 1.25. The van der Waals surface area contributed by atoms with E-state index in [9.17, 15) is 13.2 Å². The molecule has 0 unspecified atom stereocenters. The van der Waals surface area contributed by atoms with Gasteiger partial charge in [0.1, 0.15) is 10.6 Å². The van der Waals surface area contributed by atoms with Crippen LogP contribution in [0.25, 0.3) is 6.08 Å². The van der Waals surface area contributed by atoms with Crippen molar-refractivity contribution >= 4 is 39.5 Å². The number of rotatable bonds is 7. The van der Waals surface area contributed by atoms with Crippen LogP contribution in [0.3, 0.4) is 0 Å². The third-order valence-corrected chi connectivity index (χ3v) is 7.23. The number of thioether (sulfide) groups is 1. The average Bonchev–Trinajstić information content (AvgIpc) is 2.78. The molecule has 2 aromatic carbocycles. The fourth-order valence-corrected chi connectivity index (χ4v) is 4.95. The molecule has 1 amide bonds. The second-order valence-electron chi connectivity index (χ2n) is 6.48. The van der Waals surface area contributed by atoms with Crippen LogP contribution in [0.1, 0.15) is 5.56 Å². The number of nitrogens with zero attached hydrogens (tertiary/aromatic N) is 1. The van der Waals surface area contributed by atoms with E-state index in [0.717, 1.165) is 10.5 Å². The van der Waals surface area contributed by atoms with Gasteiger partial charge in [-0.25, -0.2) is 8.42 Å². The first-order valence-corrected chi connectivity index (χ1v) is 12.0. The first-order valence-electron chi connectivity index (χ1n) is 9.33. The molecule has 9 heteroatoms. The fraction of sp³-hybridized carbons (Fsp3) is 0.286. The molecule has 1 saturated heterocycles. The van der Waals surface area contributed by atoms with Crippen molar-refractivity contribution in [1.29, 1.82) is 0 Å². The lowest BCUT2D eigenvalue weighted by Crippen LogP contribution is -2.40. The Bertz CT molecular complexity index is 1010. The predicted molar refractivity (Wildman–Crippen MR) is 118 cm³/mol. The van der Waals surface area contributed by atoms with E-state index in [4.69, 9.17) is 9.47 Å². The molecule has 0 radical (unpaired) electrons.